The molecule has 2 aliphatic heterocycles. The van der Waals surface area contributed by atoms with Crippen LogP contribution < -0.4 is 10.2 Å². The highest BCUT2D eigenvalue weighted by atomic mass is 19.4. The Labute approximate surface area is 173 Å². The van der Waals surface area contributed by atoms with E-state index in [1.807, 2.05) is 0 Å². The fourth-order valence-electron chi connectivity index (χ4n) is 4.48. The number of hydrogen-bond donors (Lipinski definition) is 2. The topological polar surface area (TPSA) is 70.5 Å². The van der Waals surface area contributed by atoms with Crippen molar-refractivity contribution in [1.82, 2.24) is 15.3 Å². The van der Waals surface area contributed by atoms with Gasteiger partial charge in [0.15, 0.2) is 5.69 Å². The Balaban J connectivity index is 1.55. The molecule has 164 valence electrons. The van der Waals surface area contributed by atoms with Gasteiger partial charge in [0.1, 0.15) is 5.52 Å². The lowest BCUT2D eigenvalue weighted by atomic mass is 9.91. The Kier molecular flexibility index (Phi) is 5.87. The summed E-state index contributed by atoms with van der Waals surface area (Å²) in [7, 11) is 0. The van der Waals surface area contributed by atoms with Crippen LogP contribution in [0.15, 0.2) is 24.5 Å². The number of piperidine rings is 1. The maximum Gasteiger partial charge on any atom is 0.435 e. The Hall–Kier alpha value is -1.97. The number of aliphatic hydroxyl groups is 1. The summed E-state index contributed by atoms with van der Waals surface area (Å²) in [6.07, 6.45) is 0.266. The van der Waals surface area contributed by atoms with Crippen LogP contribution in [0.1, 0.15) is 31.9 Å². The Morgan fingerprint density at radius 3 is 2.77 bits per heavy atom. The molecule has 0 unspecified atom stereocenters. The highest BCUT2D eigenvalue weighted by Crippen LogP contribution is 2.36. The minimum atomic E-state index is -4.55. The van der Waals surface area contributed by atoms with Gasteiger partial charge in [0, 0.05) is 63.3 Å². The Bertz CT molecular complexity index is 886. The number of nitrogens with zero attached hydrogens (tertiary/aromatic N) is 3. The standard InChI is InChI=1S/C21H27F3N4O2/c1-14-9-15(27-13-20(29)4-7-30-8-5-20)12-28(11-14)17-10-26-19(21(22,23)24)18-16(17)3-2-6-25-18/h2-3,6,10,14-15,27,29H,4-5,7-9,11-13H2,1H3/t14-,15+/m1/s1. The van der Waals surface area contributed by atoms with Gasteiger partial charge in [0.2, 0.25) is 0 Å². The van der Waals surface area contributed by atoms with Crippen LogP contribution in [0.2, 0.25) is 0 Å². The smallest absolute Gasteiger partial charge is 0.388 e. The lowest BCUT2D eigenvalue weighted by Gasteiger charge is -2.40. The molecule has 0 aliphatic carbocycles. The Morgan fingerprint density at radius 1 is 1.27 bits per heavy atom. The van der Waals surface area contributed by atoms with E-state index in [2.05, 4.69) is 27.1 Å². The van der Waals surface area contributed by atoms with Crippen molar-refractivity contribution in [3.05, 3.63) is 30.2 Å². The monoisotopic (exact) mass is 424 g/mol. The zero-order valence-electron chi connectivity index (χ0n) is 17.0. The maximum atomic E-state index is 13.4. The summed E-state index contributed by atoms with van der Waals surface area (Å²) >= 11 is 0. The molecule has 2 aliphatic rings. The summed E-state index contributed by atoms with van der Waals surface area (Å²) in [4.78, 5) is 9.79. The van der Waals surface area contributed by atoms with Crippen molar-refractivity contribution in [2.45, 2.75) is 44.0 Å². The summed E-state index contributed by atoms with van der Waals surface area (Å²) in [5.74, 6) is 0.342. The number of pyridine rings is 2. The van der Waals surface area contributed by atoms with E-state index in [0.717, 1.165) is 13.0 Å². The average Bonchev–Trinajstić information content (AvgIpc) is 2.71. The lowest BCUT2D eigenvalue weighted by Crippen LogP contribution is -2.54. The van der Waals surface area contributed by atoms with Crippen LogP contribution in [-0.4, -0.2) is 59.6 Å². The van der Waals surface area contributed by atoms with Crippen molar-refractivity contribution in [1.29, 1.82) is 0 Å². The fourth-order valence-corrected chi connectivity index (χ4v) is 4.48. The molecule has 0 bridgehead atoms. The van der Waals surface area contributed by atoms with Gasteiger partial charge in [-0.2, -0.15) is 13.2 Å². The SMILES string of the molecule is C[C@@H]1C[C@H](NCC2(O)CCOCC2)CN(c2cnc(C(F)(F)F)c3ncccc23)C1. The molecular weight excluding hydrogens is 397 g/mol. The van der Waals surface area contributed by atoms with Crippen molar-refractivity contribution in [2.75, 3.05) is 37.7 Å². The van der Waals surface area contributed by atoms with Gasteiger partial charge in [-0.3, -0.25) is 4.98 Å². The highest BCUT2D eigenvalue weighted by Gasteiger charge is 2.37. The lowest BCUT2D eigenvalue weighted by molar-refractivity contribution is -0.139. The van der Waals surface area contributed by atoms with Gasteiger partial charge in [0.05, 0.1) is 17.5 Å². The highest BCUT2D eigenvalue weighted by molar-refractivity contribution is 5.92. The average molecular weight is 424 g/mol. The van der Waals surface area contributed by atoms with E-state index in [0.29, 0.717) is 56.1 Å². The second kappa shape index (κ2) is 8.28. The molecule has 4 heterocycles. The van der Waals surface area contributed by atoms with Crippen LogP contribution in [-0.2, 0) is 10.9 Å². The number of aromatic nitrogens is 2. The van der Waals surface area contributed by atoms with Gasteiger partial charge in [-0.1, -0.05) is 6.92 Å². The van der Waals surface area contributed by atoms with Gasteiger partial charge in [-0.15, -0.1) is 0 Å². The molecular formula is C21H27F3N4O2. The minimum Gasteiger partial charge on any atom is -0.388 e. The molecule has 30 heavy (non-hydrogen) atoms. The van der Waals surface area contributed by atoms with E-state index in [4.69, 9.17) is 4.74 Å². The fraction of sp³-hybridized carbons (Fsp3) is 0.619. The summed E-state index contributed by atoms with van der Waals surface area (Å²) < 4.78 is 45.4. The number of anilines is 1. The number of ether oxygens (including phenoxy) is 1. The summed E-state index contributed by atoms with van der Waals surface area (Å²) in [6, 6.07) is 3.44. The van der Waals surface area contributed by atoms with E-state index in [1.165, 1.54) is 12.4 Å². The molecule has 2 N–H and O–H groups in total. The number of rotatable bonds is 4. The first-order valence-electron chi connectivity index (χ1n) is 10.3. The molecule has 2 saturated heterocycles. The van der Waals surface area contributed by atoms with E-state index >= 15 is 0 Å². The van der Waals surface area contributed by atoms with Gasteiger partial charge < -0.3 is 20.1 Å². The molecule has 6 nitrogen and oxygen atoms in total. The van der Waals surface area contributed by atoms with Crippen LogP contribution in [0, 0.1) is 5.92 Å². The van der Waals surface area contributed by atoms with Crippen molar-refractivity contribution in [3.63, 3.8) is 0 Å². The third kappa shape index (κ3) is 4.53. The van der Waals surface area contributed by atoms with Crippen molar-refractivity contribution >= 4 is 16.6 Å². The summed E-state index contributed by atoms with van der Waals surface area (Å²) in [5, 5.41) is 14.7. The second-order valence-electron chi connectivity index (χ2n) is 8.55. The summed E-state index contributed by atoms with van der Waals surface area (Å²) in [5.41, 5.74) is -1.18. The molecule has 2 fully saturated rings. The van der Waals surface area contributed by atoms with E-state index in [1.54, 1.807) is 12.1 Å². The minimum absolute atomic E-state index is 0.120. The number of fused-ring (bicyclic) bond motifs is 1. The molecule has 0 saturated carbocycles. The van der Waals surface area contributed by atoms with Gasteiger partial charge >= 0.3 is 6.18 Å². The van der Waals surface area contributed by atoms with Crippen LogP contribution in [0.4, 0.5) is 18.9 Å². The zero-order chi connectivity index (χ0) is 21.4. The van der Waals surface area contributed by atoms with Gasteiger partial charge in [-0.05, 0) is 24.5 Å². The molecule has 0 amide bonds. The maximum absolute atomic E-state index is 13.4. The zero-order valence-corrected chi connectivity index (χ0v) is 17.0. The van der Waals surface area contributed by atoms with Gasteiger partial charge in [-0.25, -0.2) is 4.98 Å². The summed E-state index contributed by atoms with van der Waals surface area (Å²) in [6.45, 7) is 5.08. The third-order valence-electron chi connectivity index (χ3n) is 6.04. The number of nitrogens with one attached hydrogen (secondary N) is 1. The molecule has 0 radical (unpaired) electrons. The number of hydrogen-bond acceptors (Lipinski definition) is 6. The second-order valence-corrected chi connectivity index (χ2v) is 8.55. The van der Waals surface area contributed by atoms with Gasteiger partial charge in [0.25, 0.3) is 0 Å². The third-order valence-corrected chi connectivity index (χ3v) is 6.04. The Morgan fingerprint density at radius 2 is 2.03 bits per heavy atom. The molecule has 9 heteroatoms. The molecule has 0 aromatic carbocycles. The van der Waals surface area contributed by atoms with E-state index in [-0.39, 0.29) is 11.6 Å². The first-order valence-corrected chi connectivity index (χ1v) is 10.3. The normalized spacial score (nSPS) is 24.9. The molecule has 0 spiro atoms. The molecule has 4 rings (SSSR count). The predicted molar refractivity (Wildman–Crippen MR) is 107 cm³/mol. The first kappa shape index (κ1) is 21.3. The van der Waals surface area contributed by atoms with Crippen LogP contribution >= 0.6 is 0 Å². The van der Waals surface area contributed by atoms with Crippen LogP contribution in [0.5, 0.6) is 0 Å². The number of halogens is 3. The van der Waals surface area contributed by atoms with Crippen molar-refractivity contribution in [2.24, 2.45) is 5.92 Å². The van der Waals surface area contributed by atoms with Crippen molar-refractivity contribution in [3.8, 4) is 0 Å². The van der Waals surface area contributed by atoms with Crippen LogP contribution in [0.3, 0.4) is 0 Å². The van der Waals surface area contributed by atoms with Crippen LogP contribution in [0.25, 0.3) is 10.9 Å². The predicted octanol–water partition coefficient (Wildman–Crippen LogP) is 2.99. The van der Waals surface area contributed by atoms with Crippen molar-refractivity contribution < 1.29 is 23.0 Å². The first-order chi connectivity index (χ1) is 14.3. The number of alkyl halides is 3. The van der Waals surface area contributed by atoms with E-state index in [9.17, 15) is 18.3 Å². The quantitative estimate of drug-likeness (QED) is 0.787. The van der Waals surface area contributed by atoms with E-state index < -0.39 is 17.5 Å². The molecule has 2 aromatic heterocycles. The largest absolute Gasteiger partial charge is 0.435 e. The molecule has 2 atom stereocenters. The molecule has 2 aromatic rings.